The zero-order valence-electron chi connectivity index (χ0n) is 22.5. The van der Waals surface area contributed by atoms with Gasteiger partial charge in [0.25, 0.3) is 0 Å². The van der Waals surface area contributed by atoms with Gasteiger partial charge in [-0.25, -0.2) is 22.8 Å². The molecular formula is C30H28F3N5O3. The topological polar surface area (TPSA) is 80.1 Å². The van der Waals surface area contributed by atoms with Gasteiger partial charge in [0.1, 0.15) is 34.7 Å². The monoisotopic (exact) mass is 563 g/mol. The maximum Gasteiger partial charge on any atom is 0.323 e. The third-order valence-corrected chi connectivity index (χ3v) is 6.27. The standard InChI is InChI=1S/C30H28F3N5O3/c1-4-38(5-2)13-6-14-40-29-18-26-21(17-27(29)34-3)28(11-12-35-26)41-20-8-10-25(23(33)16-20)37-30(39)36-24-9-7-19(31)15-22(24)32/h7-12,15-18H,4-6,13-14H2,1-2H3,(H2,36,37,39). The second-order valence-corrected chi connectivity index (χ2v) is 8.93. The molecule has 11 heteroatoms. The average molecular weight is 564 g/mol. The Morgan fingerprint density at radius 2 is 1.66 bits per heavy atom. The Labute approximate surface area is 235 Å². The van der Waals surface area contributed by atoms with Crippen molar-refractivity contribution in [2.45, 2.75) is 20.3 Å². The van der Waals surface area contributed by atoms with Gasteiger partial charge in [-0.1, -0.05) is 13.8 Å². The second-order valence-electron chi connectivity index (χ2n) is 8.93. The van der Waals surface area contributed by atoms with E-state index in [2.05, 4.69) is 39.2 Å². The maximum atomic E-state index is 14.8. The minimum Gasteiger partial charge on any atom is -0.504 e. The number of amides is 2. The van der Waals surface area contributed by atoms with Gasteiger partial charge in [-0.3, -0.25) is 4.98 Å². The number of hydrogen-bond donors (Lipinski definition) is 2. The molecule has 0 bridgehead atoms. The fraction of sp³-hybridized carbons (Fsp3) is 0.233. The highest BCUT2D eigenvalue weighted by Crippen LogP contribution is 2.38. The zero-order chi connectivity index (χ0) is 29.4. The minimum absolute atomic E-state index is 0.131. The van der Waals surface area contributed by atoms with Gasteiger partial charge >= 0.3 is 6.03 Å². The zero-order valence-corrected chi connectivity index (χ0v) is 22.5. The summed E-state index contributed by atoms with van der Waals surface area (Å²) in [6.45, 7) is 15.1. The molecule has 0 aliphatic heterocycles. The molecule has 0 aliphatic carbocycles. The van der Waals surface area contributed by atoms with E-state index in [1.807, 2.05) is 0 Å². The number of hydrogen-bond acceptors (Lipinski definition) is 5. The van der Waals surface area contributed by atoms with Crippen LogP contribution in [0.2, 0.25) is 0 Å². The van der Waals surface area contributed by atoms with Gasteiger partial charge in [-0.2, -0.15) is 0 Å². The lowest BCUT2D eigenvalue weighted by Crippen LogP contribution is -2.25. The van der Waals surface area contributed by atoms with Crippen molar-refractivity contribution in [2.75, 3.05) is 36.9 Å². The molecular weight excluding hydrogens is 535 g/mol. The van der Waals surface area contributed by atoms with Crippen LogP contribution in [0.15, 0.2) is 60.8 Å². The number of ether oxygens (including phenoxy) is 2. The van der Waals surface area contributed by atoms with Crippen LogP contribution in [-0.2, 0) is 0 Å². The number of benzene rings is 3. The molecule has 3 aromatic carbocycles. The predicted molar refractivity (Wildman–Crippen MR) is 151 cm³/mol. The molecule has 0 unspecified atom stereocenters. The van der Waals surface area contributed by atoms with Crippen LogP contribution in [0.5, 0.6) is 17.2 Å². The second kappa shape index (κ2) is 13.5. The van der Waals surface area contributed by atoms with E-state index in [-0.39, 0.29) is 17.1 Å². The van der Waals surface area contributed by atoms with E-state index in [1.165, 1.54) is 18.3 Å². The fourth-order valence-corrected chi connectivity index (χ4v) is 4.09. The van der Waals surface area contributed by atoms with E-state index in [0.29, 0.717) is 40.8 Å². The number of halogens is 3. The lowest BCUT2D eigenvalue weighted by molar-refractivity contribution is 0.250. The van der Waals surface area contributed by atoms with Gasteiger partial charge in [0.2, 0.25) is 5.69 Å². The molecule has 212 valence electrons. The van der Waals surface area contributed by atoms with Gasteiger partial charge in [0.15, 0.2) is 0 Å². The molecule has 0 saturated carbocycles. The van der Waals surface area contributed by atoms with Gasteiger partial charge in [0, 0.05) is 30.3 Å². The first kappa shape index (κ1) is 29.2. The number of nitrogens with zero attached hydrogens (tertiary/aromatic N) is 3. The number of urea groups is 1. The number of anilines is 2. The Balaban J connectivity index is 1.45. The van der Waals surface area contributed by atoms with E-state index in [1.54, 1.807) is 18.2 Å². The molecule has 2 amide bonds. The van der Waals surface area contributed by atoms with Crippen LogP contribution in [0.1, 0.15) is 20.3 Å². The number of nitrogens with one attached hydrogen (secondary N) is 2. The highest BCUT2D eigenvalue weighted by atomic mass is 19.1. The van der Waals surface area contributed by atoms with E-state index < -0.39 is 23.5 Å². The molecule has 41 heavy (non-hydrogen) atoms. The molecule has 0 atom stereocenters. The summed E-state index contributed by atoms with van der Waals surface area (Å²) in [4.78, 5) is 22.4. The Hall–Kier alpha value is -4.82. The molecule has 2 N–H and O–H groups in total. The summed E-state index contributed by atoms with van der Waals surface area (Å²) in [6, 6.07) is 10.4. The van der Waals surface area contributed by atoms with E-state index in [4.69, 9.17) is 16.0 Å². The van der Waals surface area contributed by atoms with Crippen LogP contribution in [0, 0.1) is 24.0 Å². The molecule has 1 heterocycles. The largest absolute Gasteiger partial charge is 0.504 e. The van der Waals surface area contributed by atoms with Gasteiger partial charge in [0.05, 0.1) is 30.1 Å². The van der Waals surface area contributed by atoms with Crippen molar-refractivity contribution in [1.82, 2.24) is 9.88 Å². The Morgan fingerprint density at radius 1 is 0.951 bits per heavy atom. The summed E-state index contributed by atoms with van der Waals surface area (Å²) in [5, 5.41) is 5.01. The molecule has 0 radical (unpaired) electrons. The first-order valence-electron chi connectivity index (χ1n) is 13.0. The minimum atomic E-state index is -0.968. The van der Waals surface area contributed by atoms with Crippen molar-refractivity contribution in [2.24, 2.45) is 0 Å². The van der Waals surface area contributed by atoms with E-state index >= 15 is 0 Å². The summed E-state index contributed by atoms with van der Waals surface area (Å²) in [6.07, 6.45) is 2.35. The number of carbonyl (C=O) groups is 1. The third-order valence-electron chi connectivity index (χ3n) is 6.27. The van der Waals surface area contributed by atoms with Crippen LogP contribution in [0.3, 0.4) is 0 Å². The quantitative estimate of drug-likeness (QED) is 0.144. The Morgan fingerprint density at radius 3 is 2.32 bits per heavy atom. The number of aromatic nitrogens is 1. The number of fused-ring (bicyclic) bond motifs is 1. The molecule has 0 aliphatic rings. The third kappa shape index (κ3) is 7.43. The predicted octanol–water partition coefficient (Wildman–Crippen LogP) is 7.75. The lowest BCUT2D eigenvalue weighted by Gasteiger charge is -2.18. The van der Waals surface area contributed by atoms with Crippen molar-refractivity contribution in [3.63, 3.8) is 0 Å². The Kier molecular flexibility index (Phi) is 9.60. The van der Waals surface area contributed by atoms with Gasteiger partial charge < -0.3 is 25.0 Å². The molecule has 0 spiro atoms. The fourth-order valence-electron chi connectivity index (χ4n) is 4.09. The maximum absolute atomic E-state index is 14.8. The van der Waals surface area contributed by atoms with Crippen molar-refractivity contribution in [3.8, 4) is 17.2 Å². The molecule has 8 nitrogen and oxygen atoms in total. The smallest absolute Gasteiger partial charge is 0.323 e. The summed E-state index contributed by atoms with van der Waals surface area (Å²) >= 11 is 0. The lowest BCUT2D eigenvalue weighted by atomic mass is 10.1. The van der Waals surface area contributed by atoms with Crippen LogP contribution >= 0.6 is 0 Å². The average Bonchev–Trinajstić information content (AvgIpc) is 2.96. The van der Waals surface area contributed by atoms with Crippen LogP contribution in [-0.4, -0.2) is 42.2 Å². The molecule has 4 rings (SSSR count). The SMILES string of the molecule is [C-]#[N+]c1cc2c(Oc3ccc(NC(=O)Nc4ccc(F)cc4F)c(F)c3)ccnc2cc1OCCCN(CC)CC. The highest BCUT2D eigenvalue weighted by Gasteiger charge is 2.14. The summed E-state index contributed by atoms with van der Waals surface area (Å²) < 4.78 is 53.4. The van der Waals surface area contributed by atoms with Crippen molar-refractivity contribution in [1.29, 1.82) is 0 Å². The number of rotatable bonds is 11. The van der Waals surface area contributed by atoms with Crippen molar-refractivity contribution in [3.05, 3.63) is 89.7 Å². The summed E-state index contributed by atoms with van der Waals surface area (Å²) in [5.41, 5.74) is 0.389. The Bertz CT molecular complexity index is 1590. The van der Waals surface area contributed by atoms with Crippen LogP contribution in [0.4, 0.5) is 35.0 Å². The van der Waals surface area contributed by atoms with Crippen molar-refractivity contribution < 1.29 is 27.4 Å². The molecule has 4 aromatic rings. The summed E-state index contributed by atoms with van der Waals surface area (Å²) in [5.74, 6) is -1.67. The highest BCUT2D eigenvalue weighted by molar-refractivity contribution is 6.00. The van der Waals surface area contributed by atoms with Crippen molar-refractivity contribution >= 4 is 34.0 Å². The summed E-state index contributed by atoms with van der Waals surface area (Å²) in [7, 11) is 0. The van der Waals surface area contributed by atoms with Gasteiger partial charge in [-0.15, -0.1) is 0 Å². The van der Waals surface area contributed by atoms with E-state index in [9.17, 15) is 18.0 Å². The molecule has 1 aromatic heterocycles. The number of pyridine rings is 1. The molecule has 0 saturated heterocycles. The van der Waals surface area contributed by atoms with Crippen LogP contribution < -0.4 is 20.1 Å². The first-order valence-corrected chi connectivity index (χ1v) is 13.0. The normalized spacial score (nSPS) is 10.9. The first-order chi connectivity index (χ1) is 19.8. The van der Waals surface area contributed by atoms with Gasteiger partial charge in [-0.05, 0) is 62.0 Å². The number of carbonyl (C=O) groups excluding carboxylic acids is 1. The molecule has 0 fully saturated rings. The van der Waals surface area contributed by atoms with E-state index in [0.717, 1.165) is 44.3 Å². The van der Waals surface area contributed by atoms with Crippen LogP contribution in [0.25, 0.3) is 15.7 Å².